The fraction of sp³-hybridized carbons (Fsp3) is 0.278. The molecule has 24 heavy (non-hydrogen) atoms. The van der Waals surface area contributed by atoms with Crippen LogP contribution in [0.3, 0.4) is 0 Å². The van der Waals surface area contributed by atoms with Gasteiger partial charge in [0.2, 0.25) is 0 Å². The summed E-state index contributed by atoms with van der Waals surface area (Å²) in [5, 5.41) is 11.4. The second-order valence-corrected chi connectivity index (χ2v) is 6.15. The lowest BCUT2D eigenvalue weighted by Crippen LogP contribution is -2.25. The van der Waals surface area contributed by atoms with Crippen LogP contribution in [0.5, 0.6) is 0 Å². The van der Waals surface area contributed by atoms with Crippen LogP contribution < -0.4 is 5.32 Å². The lowest BCUT2D eigenvalue weighted by molar-refractivity contribution is 0.0949. The Morgan fingerprint density at radius 1 is 1.25 bits per heavy atom. The molecular formula is C18H19N5O. The van der Waals surface area contributed by atoms with Crippen molar-refractivity contribution >= 4 is 5.91 Å². The molecule has 6 nitrogen and oxygen atoms in total. The molecule has 1 aliphatic rings. The van der Waals surface area contributed by atoms with Crippen LogP contribution in [-0.4, -0.2) is 25.7 Å². The van der Waals surface area contributed by atoms with E-state index in [1.165, 1.54) is 12.8 Å². The Kier molecular flexibility index (Phi) is 3.65. The van der Waals surface area contributed by atoms with Crippen molar-refractivity contribution in [3.05, 3.63) is 59.7 Å². The zero-order valence-electron chi connectivity index (χ0n) is 13.5. The van der Waals surface area contributed by atoms with E-state index in [1.807, 2.05) is 48.1 Å². The Balaban J connectivity index is 1.47. The number of aromatic nitrogens is 4. The first-order valence-corrected chi connectivity index (χ1v) is 8.12. The van der Waals surface area contributed by atoms with Gasteiger partial charge in [0.05, 0.1) is 12.1 Å². The van der Waals surface area contributed by atoms with E-state index < -0.39 is 0 Å². The van der Waals surface area contributed by atoms with E-state index in [0.717, 1.165) is 28.3 Å². The quantitative estimate of drug-likeness (QED) is 0.758. The molecule has 1 saturated carbocycles. The van der Waals surface area contributed by atoms with E-state index in [9.17, 15) is 4.79 Å². The molecule has 0 aliphatic heterocycles. The molecule has 1 aliphatic carbocycles. The van der Waals surface area contributed by atoms with E-state index >= 15 is 0 Å². The molecule has 0 bridgehead atoms. The first-order chi connectivity index (χ1) is 11.7. The van der Waals surface area contributed by atoms with Crippen LogP contribution in [0.15, 0.2) is 42.7 Å². The van der Waals surface area contributed by atoms with Gasteiger partial charge in [0.25, 0.3) is 5.91 Å². The number of benzene rings is 1. The summed E-state index contributed by atoms with van der Waals surface area (Å²) in [5.74, 6) is 1.99. The number of carbonyl (C=O) groups excluding carboxylic acids is 1. The number of aromatic amines is 1. The summed E-state index contributed by atoms with van der Waals surface area (Å²) in [7, 11) is 1.91. The van der Waals surface area contributed by atoms with Gasteiger partial charge >= 0.3 is 0 Å². The highest BCUT2D eigenvalue weighted by molar-refractivity contribution is 5.95. The molecule has 0 radical (unpaired) electrons. The number of rotatable bonds is 5. The lowest BCUT2D eigenvalue weighted by Gasteiger charge is -2.07. The Morgan fingerprint density at radius 3 is 2.79 bits per heavy atom. The Hall–Kier alpha value is -2.89. The van der Waals surface area contributed by atoms with E-state index in [-0.39, 0.29) is 5.91 Å². The minimum absolute atomic E-state index is 0.0672. The van der Waals surface area contributed by atoms with Gasteiger partial charge in [-0.05, 0) is 24.3 Å². The van der Waals surface area contributed by atoms with Crippen molar-refractivity contribution in [2.45, 2.75) is 25.3 Å². The molecular weight excluding hydrogens is 302 g/mol. The van der Waals surface area contributed by atoms with Crippen LogP contribution in [-0.2, 0) is 13.6 Å². The van der Waals surface area contributed by atoms with E-state index in [4.69, 9.17) is 0 Å². The normalized spacial score (nSPS) is 13.9. The predicted molar refractivity (Wildman–Crippen MR) is 90.4 cm³/mol. The monoisotopic (exact) mass is 321 g/mol. The molecule has 3 aromatic rings. The summed E-state index contributed by atoms with van der Waals surface area (Å²) >= 11 is 0. The topological polar surface area (TPSA) is 75.6 Å². The molecule has 1 amide bonds. The number of hydrogen-bond acceptors (Lipinski definition) is 3. The molecule has 1 fully saturated rings. The second kappa shape index (κ2) is 5.96. The van der Waals surface area contributed by atoms with Gasteiger partial charge in [-0.1, -0.05) is 30.3 Å². The molecule has 2 aromatic heterocycles. The third-order valence-corrected chi connectivity index (χ3v) is 4.44. The summed E-state index contributed by atoms with van der Waals surface area (Å²) in [4.78, 5) is 15.5. The van der Waals surface area contributed by atoms with Crippen LogP contribution in [0.4, 0.5) is 0 Å². The minimum atomic E-state index is -0.0672. The zero-order valence-corrected chi connectivity index (χ0v) is 13.5. The number of nitrogens with zero attached hydrogens (tertiary/aromatic N) is 3. The Morgan fingerprint density at radius 2 is 2.04 bits per heavy atom. The minimum Gasteiger partial charge on any atom is -0.367 e. The summed E-state index contributed by atoms with van der Waals surface area (Å²) in [6.07, 6.45) is 6.04. The Bertz CT molecular complexity index is 861. The third-order valence-electron chi connectivity index (χ3n) is 4.44. The molecule has 2 heterocycles. The maximum atomic E-state index is 12.4. The fourth-order valence-corrected chi connectivity index (χ4v) is 2.91. The highest BCUT2D eigenvalue weighted by Crippen LogP contribution is 2.41. The molecule has 6 heteroatoms. The molecule has 0 saturated heterocycles. The van der Waals surface area contributed by atoms with Crippen molar-refractivity contribution in [3.8, 4) is 11.4 Å². The Labute approximate surface area is 139 Å². The van der Waals surface area contributed by atoms with Crippen LogP contribution in [0, 0.1) is 0 Å². The standard InChI is InChI=1S/C18H19N5O/c1-23-16(21-22-17(23)13-5-3-2-4-6-13)11-20-18(24)15-10-19-9-14(15)12-7-8-12/h2-6,9-10,12,19H,7-8,11H2,1H3,(H,20,24). The van der Waals surface area contributed by atoms with Gasteiger partial charge in [0.1, 0.15) is 0 Å². The second-order valence-electron chi connectivity index (χ2n) is 6.15. The number of carbonyl (C=O) groups is 1. The van der Waals surface area contributed by atoms with Crippen molar-refractivity contribution in [3.63, 3.8) is 0 Å². The van der Waals surface area contributed by atoms with Crippen LogP contribution in [0.1, 0.15) is 40.5 Å². The van der Waals surface area contributed by atoms with Crippen LogP contribution in [0.2, 0.25) is 0 Å². The van der Waals surface area contributed by atoms with Gasteiger partial charge < -0.3 is 14.9 Å². The molecule has 4 rings (SSSR count). The third kappa shape index (κ3) is 2.71. The maximum absolute atomic E-state index is 12.4. The average Bonchev–Trinajstić information content (AvgIpc) is 3.22. The van der Waals surface area contributed by atoms with Gasteiger partial charge in [-0.25, -0.2) is 0 Å². The van der Waals surface area contributed by atoms with Crippen molar-refractivity contribution in [2.24, 2.45) is 7.05 Å². The highest BCUT2D eigenvalue weighted by atomic mass is 16.1. The summed E-state index contributed by atoms with van der Waals surface area (Å²) < 4.78 is 1.91. The number of nitrogens with one attached hydrogen (secondary N) is 2. The van der Waals surface area contributed by atoms with Crippen molar-refractivity contribution in [2.75, 3.05) is 0 Å². The fourth-order valence-electron chi connectivity index (χ4n) is 2.91. The van der Waals surface area contributed by atoms with Crippen molar-refractivity contribution < 1.29 is 4.79 Å². The van der Waals surface area contributed by atoms with Crippen LogP contribution >= 0.6 is 0 Å². The van der Waals surface area contributed by atoms with Gasteiger partial charge in [-0.2, -0.15) is 0 Å². The predicted octanol–water partition coefficient (Wildman–Crippen LogP) is 2.62. The van der Waals surface area contributed by atoms with E-state index in [1.54, 1.807) is 6.20 Å². The van der Waals surface area contributed by atoms with Gasteiger partial charge in [0.15, 0.2) is 11.6 Å². The van der Waals surface area contributed by atoms with Crippen molar-refractivity contribution in [1.82, 2.24) is 25.1 Å². The SMILES string of the molecule is Cn1c(CNC(=O)c2c[nH]cc2C2CC2)nnc1-c1ccccc1. The van der Waals surface area contributed by atoms with Crippen LogP contribution in [0.25, 0.3) is 11.4 Å². The van der Waals surface area contributed by atoms with Gasteiger partial charge in [-0.15, -0.1) is 10.2 Å². The summed E-state index contributed by atoms with van der Waals surface area (Å²) in [6.45, 7) is 0.352. The lowest BCUT2D eigenvalue weighted by atomic mass is 10.1. The van der Waals surface area contributed by atoms with E-state index in [0.29, 0.717) is 12.5 Å². The van der Waals surface area contributed by atoms with Crippen molar-refractivity contribution in [1.29, 1.82) is 0 Å². The maximum Gasteiger partial charge on any atom is 0.253 e. The number of H-pyrrole nitrogens is 1. The molecule has 0 spiro atoms. The van der Waals surface area contributed by atoms with E-state index in [2.05, 4.69) is 20.5 Å². The van der Waals surface area contributed by atoms with Gasteiger partial charge in [0, 0.05) is 25.0 Å². The summed E-state index contributed by atoms with van der Waals surface area (Å²) in [5.41, 5.74) is 2.87. The zero-order chi connectivity index (χ0) is 16.5. The largest absolute Gasteiger partial charge is 0.367 e. The molecule has 0 atom stereocenters. The smallest absolute Gasteiger partial charge is 0.253 e. The first-order valence-electron chi connectivity index (χ1n) is 8.12. The molecule has 1 aromatic carbocycles. The molecule has 0 unspecified atom stereocenters. The molecule has 2 N–H and O–H groups in total. The highest BCUT2D eigenvalue weighted by Gasteiger charge is 2.28. The average molecular weight is 321 g/mol. The first kappa shape index (κ1) is 14.7. The van der Waals surface area contributed by atoms with Gasteiger partial charge in [-0.3, -0.25) is 4.79 Å². The molecule has 122 valence electrons. The number of amides is 1. The summed E-state index contributed by atoms with van der Waals surface area (Å²) in [6, 6.07) is 9.89. The number of hydrogen-bond donors (Lipinski definition) is 2.